The van der Waals surface area contributed by atoms with Crippen LogP contribution in [0.2, 0.25) is 0 Å². The van der Waals surface area contributed by atoms with Crippen LogP contribution in [0.3, 0.4) is 0 Å². The molecule has 1 aromatic rings. The van der Waals surface area contributed by atoms with E-state index in [4.69, 9.17) is 4.42 Å². The number of hydrogen-bond acceptors (Lipinski definition) is 3. The molecule has 0 amide bonds. The molecule has 3 heteroatoms. The first-order valence-electron chi connectivity index (χ1n) is 6.66. The molecular formula is C14H26N2O. The van der Waals surface area contributed by atoms with Gasteiger partial charge in [-0.3, -0.25) is 4.90 Å². The number of hydrogen-bond donors (Lipinski definition) is 1. The maximum atomic E-state index is 5.87. The van der Waals surface area contributed by atoms with Crippen molar-refractivity contribution >= 4 is 0 Å². The SMILES string of the molecule is CCCN(CCC)Cc1cc(C)c(CNC)o1. The molecule has 0 spiro atoms. The Morgan fingerprint density at radius 1 is 1.24 bits per heavy atom. The predicted octanol–water partition coefficient (Wildman–Crippen LogP) is 2.93. The molecule has 1 aromatic heterocycles. The van der Waals surface area contributed by atoms with Crippen LogP contribution in [-0.4, -0.2) is 25.0 Å². The first-order valence-corrected chi connectivity index (χ1v) is 6.66. The minimum atomic E-state index is 0.813. The summed E-state index contributed by atoms with van der Waals surface area (Å²) in [5.74, 6) is 2.16. The van der Waals surface area contributed by atoms with Crippen LogP contribution in [0.1, 0.15) is 43.8 Å². The van der Waals surface area contributed by atoms with E-state index in [1.54, 1.807) is 0 Å². The summed E-state index contributed by atoms with van der Waals surface area (Å²) in [7, 11) is 1.95. The van der Waals surface area contributed by atoms with Crippen molar-refractivity contribution in [2.45, 2.75) is 46.7 Å². The third kappa shape index (κ3) is 4.52. The van der Waals surface area contributed by atoms with Gasteiger partial charge in [0, 0.05) is 0 Å². The van der Waals surface area contributed by atoms with Gasteiger partial charge in [0.25, 0.3) is 0 Å². The molecular weight excluding hydrogens is 212 g/mol. The minimum absolute atomic E-state index is 0.813. The maximum absolute atomic E-state index is 5.87. The van der Waals surface area contributed by atoms with Crippen LogP contribution < -0.4 is 5.32 Å². The van der Waals surface area contributed by atoms with Gasteiger partial charge in [-0.2, -0.15) is 0 Å². The second-order valence-corrected chi connectivity index (χ2v) is 4.63. The first kappa shape index (κ1) is 14.3. The van der Waals surface area contributed by atoms with Crippen molar-refractivity contribution in [1.29, 1.82) is 0 Å². The number of furan rings is 1. The average Bonchev–Trinajstić information content (AvgIpc) is 2.61. The van der Waals surface area contributed by atoms with Gasteiger partial charge in [0.15, 0.2) is 0 Å². The minimum Gasteiger partial charge on any atom is -0.463 e. The predicted molar refractivity (Wildman–Crippen MR) is 72.1 cm³/mol. The van der Waals surface area contributed by atoms with E-state index in [1.165, 1.54) is 18.4 Å². The Hall–Kier alpha value is -0.800. The summed E-state index contributed by atoms with van der Waals surface area (Å²) in [6.07, 6.45) is 2.39. The molecule has 3 nitrogen and oxygen atoms in total. The standard InChI is InChI=1S/C14H26N2O/c1-5-7-16(8-6-2)11-13-9-12(3)14(17-13)10-15-4/h9,15H,5-8,10-11H2,1-4H3. The third-order valence-corrected chi connectivity index (χ3v) is 2.87. The Morgan fingerprint density at radius 2 is 1.88 bits per heavy atom. The maximum Gasteiger partial charge on any atom is 0.120 e. The van der Waals surface area contributed by atoms with E-state index in [9.17, 15) is 0 Å². The van der Waals surface area contributed by atoms with Crippen molar-refractivity contribution in [1.82, 2.24) is 10.2 Å². The average molecular weight is 238 g/mol. The topological polar surface area (TPSA) is 28.4 Å². The van der Waals surface area contributed by atoms with Crippen LogP contribution in [0, 0.1) is 6.92 Å². The fraction of sp³-hybridized carbons (Fsp3) is 0.714. The molecule has 0 atom stereocenters. The Kier molecular flexibility index (Phi) is 6.30. The van der Waals surface area contributed by atoms with Crippen LogP contribution in [0.5, 0.6) is 0 Å². The summed E-state index contributed by atoms with van der Waals surface area (Å²) < 4.78 is 5.87. The zero-order valence-corrected chi connectivity index (χ0v) is 11.7. The van der Waals surface area contributed by atoms with Crippen molar-refractivity contribution in [3.63, 3.8) is 0 Å². The molecule has 0 saturated carbocycles. The fourth-order valence-corrected chi connectivity index (χ4v) is 2.13. The van der Waals surface area contributed by atoms with Gasteiger partial charge in [0.05, 0.1) is 13.1 Å². The molecule has 0 radical (unpaired) electrons. The second-order valence-electron chi connectivity index (χ2n) is 4.63. The summed E-state index contributed by atoms with van der Waals surface area (Å²) in [6, 6.07) is 2.17. The van der Waals surface area contributed by atoms with Gasteiger partial charge in [-0.15, -0.1) is 0 Å². The molecule has 1 N–H and O–H groups in total. The molecule has 1 heterocycles. The molecule has 98 valence electrons. The van der Waals surface area contributed by atoms with Gasteiger partial charge in [0.1, 0.15) is 11.5 Å². The Labute approximate surface area is 105 Å². The van der Waals surface area contributed by atoms with Crippen molar-refractivity contribution in [3.8, 4) is 0 Å². The summed E-state index contributed by atoms with van der Waals surface area (Å²) >= 11 is 0. The Bertz CT molecular complexity index is 314. The lowest BCUT2D eigenvalue weighted by Gasteiger charge is -2.19. The molecule has 0 aliphatic heterocycles. The lowest BCUT2D eigenvalue weighted by Crippen LogP contribution is -2.24. The molecule has 0 aromatic carbocycles. The first-order chi connectivity index (χ1) is 8.21. The molecule has 17 heavy (non-hydrogen) atoms. The summed E-state index contributed by atoms with van der Waals surface area (Å²) in [6.45, 7) is 10.6. The van der Waals surface area contributed by atoms with Gasteiger partial charge in [-0.25, -0.2) is 0 Å². The van der Waals surface area contributed by atoms with Crippen LogP contribution >= 0.6 is 0 Å². The van der Waals surface area contributed by atoms with Crippen LogP contribution in [-0.2, 0) is 13.1 Å². The molecule has 0 saturated heterocycles. The third-order valence-electron chi connectivity index (χ3n) is 2.87. The zero-order valence-electron chi connectivity index (χ0n) is 11.7. The highest BCUT2D eigenvalue weighted by Crippen LogP contribution is 2.16. The Morgan fingerprint density at radius 3 is 2.41 bits per heavy atom. The van der Waals surface area contributed by atoms with E-state index in [1.807, 2.05) is 7.05 Å². The van der Waals surface area contributed by atoms with Gasteiger partial charge >= 0.3 is 0 Å². The van der Waals surface area contributed by atoms with E-state index in [-0.39, 0.29) is 0 Å². The molecule has 1 rings (SSSR count). The van der Waals surface area contributed by atoms with Gasteiger partial charge < -0.3 is 9.73 Å². The molecule has 0 unspecified atom stereocenters. The smallest absolute Gasteiger partial charge is 0.120 e. The fourth-order valence-electron chi connectivity index (χ4n) is 2.13. The largest absolute Gasteiger partial charge is 0.463 e. The highest BCUT2D eigenvalue weighted by atomic mass is 16.3. The highest BCUT2D eigenvalue weighted by molar-refractivity contribution is 5.19. The van der Waals surface area contributed by atoms with Crippen LogP contribution in [0.15, 0.2) is 10.5 Å². The molecule has 0 aliphatic carbocycles. The second kappa shape index (κ2) is 7.51. The number of rotatable bonds is 8. The van der Waals surface area contributed by atoms with Crippen molar-refractivity contribution in [3.05, 3.63) is 23.2 Å². The van der Waals surface area contributed by atoms with Crippen LogP contribution in [0.4, 0.5) is 0 Å². The van der Waals surface area contributed by atoms with E-state index in [0.29, 0.717) is 0 Å². The van der Waals surface area contributed by atoms with E-state index in [2.05, 4.69) is 37.1 Å². The summed E-state index contributed by atoms with van der Waals surface area (Å²) in [5.41, 5.74) is 1.25. The van der Waals surface area contributed by atoms with Crippen molar-refractivity contribution in [2.75, 3.05) is 20.1 Å². The number of nitrogens with zero attached hydrogens (tertiary/aromatic N) is 1. The van der Waals surface area contributed by atoms with E-state index >= 15 is 0 Å². The highest BCUT2D eigenvalue weighted by Gasteiger charge is 2.10. The van der Waals surface area contributed by atoms with Crippen molar-refractivity contribution in [2.24, 2.45) is 0 Å². The number of aryl methyl sites for hydroxylation is 1. The summed E-state index contributed by atoms with van der Waals surface area (Å²) in [4.78, 5) is 2.46. The van der Waals surface area contributed by atoms with E-state index < -0.39 is 0 Å². The summed E-state index contributed by atoms with van der Waals surface area (Å²) in [5, 5.41) is 3.13. The molecule has 0 fully saturated rings. The van der Waals surface area contributed by atoms with E-state index in [0.717, 1.165) is 37.7 Å². The zero-order chi connectivity index (χ0) is 12.7. The molecule has 0 bridgehead atoms. The van der Waals surface area contributed by atoms with Gasteiger partial charge in [-0.05, 0) is 51.5 Å². The van der Waals surface area contributed by atoms with Crippen LogP contribution in [0.25, 0.3) is 0 Å². The lowest BCUT2D eigenvalue weighted by atomic mass is 10.2. The number of nitrogens with one attached hydrogen (secondary N) is 1. The normalized spacial score (nSPS) is 11.4. The quantitative estimate of drug-likeness (QED) is 0.755. The monoisotopic (exact) mass is 238 g/mol. The molecule has 0 aliphatic rings. The van der Waals surface area contributed by atoms with Crippen molar-refractivity contribution < 1.29 is 4.42 Å². The lowest BCUT2D eigenvalue weighted by molar-refractivity contribution is 0.241. The Balaban J connectivity index is 2.61. The van der Waals surface area contributed by atoms with Gasteiger partial charge in [0.2, 0.25) is 0 Å². The van der Waals surface area contributed by atoms with Gasteiger partial charge in [-0.1, -0.05) is 13.8 Å².